The van der Waals surface area contributed by atoms with E-state index in [2.05, 4.69) is 10.3 Å². The quantitative estimate of drug-likeness (QED) is 0.775. The van der Waals surface area contributed by atoms with Crippen LogP contribution in [0.3, 0.4) is 0 Å². The maximum absolute atomic E-state index is 12.2. The summed E-state index contributed by atoms with van der Waals surface area (Å²) >= 11 is 0. The first kappa shape index (κ1) is 19.1. The second-order valence-electron chi connectivity index (χ2n) is 7.41. The number of nitrogens with one attached hydrogen (secondary N) is 1. The molecule has 1 aromatic heterocycles. The molecular formula is C21H26N2O4. The first-order chi connectivity index (χ1) is 13.0. The first-order valence-corrected chi connectivity index (χ1v) is 9.50. The predicted octanol–water partition coefficient (Wildman–Crippen LogP) is 3.73. The fourth-order valence-corrected chi connectivity index (χ4v) is 3.55. The van der Waals surface area contributed by atoms with Crippen molar-refractivity contribution in [3.8, 4) is 11.3 Å². The minimum Gasteiger partial charge on any atom is -0.481 e. The van der Waals surface area contributed by atoms with Gasteiger partial charge in [-0.25, -0.2) is 4.98 Å². The van der Waals surface area contributed by atoms with Crippen LogP contribution in [0.5, 0.6) is 0 Å². The predicted molar refractivity (Wildman–Crippen MR) is 101 cm³/mol. The molecule has 27 heavy (non-hydrogen) atoms. The number of benzene rings is 1. The number of rotatable bonds is 7. The van der Waals surface area contributed by atoms with Gasteiger partial charge in [-0.3, -0.25) is 9.59 Å². The molecule has 0 spiro atoms. The van der Waals surface area contributed by atoms with Gasteiger partial charge in [0.25, 0.3) is 0 Å². The number of nitrogens with zero attached hydrogens (tertiary/aromatic N) is 1. The third-order valence-corrected chi connectivity index (χ3v) is 5.34. The number of carboxylic acids is 1. The van der Waals surface area contributed by atoms with Gasteiger partial charge in [-0.2, -0.15) is 0 Å². The lowest BCUT2D eigenvalue weighted by atomic mass is 9.74. The van der Waals surface area contributed by atoms with Crippen molar-refractivity contribution in [2.45, 2.75) is 51.9 Å². The molecule has 0 bridgehead atoms. The normalized spacial score (nSPS) is 16.0. The van der Waals surface area contributed by atoms with E-state index >= 15 is 0 Å². The number of aliphatic carboxylic acids is 1. The Bertz CT molecular complexity index is 789. The number of carboxylic acid groups (broad SMARTS) is 1. The van der Waals surface area contributed by atoms with Crippen LogP contribution in [0.1, 0.15) is 50.0 Å². The van der Waals surface area contributed by atoms with Gasteiger partial charge in [-0.1, -0.05) is 49.1 Å². The highest BCUT2D eigenvalue weighted by Gasteiger charge is 2.39. The molecule has 6 nitrogen and oxygen atoms in total. The molecule has 0 atom stereocenters. The van der Waals surface area contributed by atoms with E-state index in [1.54, 1.807) is 6.20 Å². The largest absolute Gasteiger partial charge is 0.481 e. The van der Waals surface area contributed by atoms with E-state index in [0.29, 0.717) is 30.9 Å². The third-order valence-electron chi connectivity index (χ3n) is 5.34. The summed E-state index contributed by atoms with van der Waals surface area (Å²) in [6, 6.07) is 7.97. The third kappa shape index (κ3) is 4.76. The summed E-state index contributed by atoms with van der Waals surface area (Å²) in [5, 5.41) is 12.4. The van der Waals surface area contributed by atoms with Gasteiger partial charge in [0, 0.05) is 24.9 Å². The topological polar surface area (TPSA) is 92.4 Å². The van der Waals surface area contributed by atoms with Crippen LogP contribution in [-0.2, 0) is 16.0 Å². The van der Waals surface area contributed by atoms with E-state index in [1.807, 2.05) is 31.2 Å². The molecule has 0 unspecified atom stereocenters. The van der Waals surface area contributed by atoms with Crippen LogP contribution in [0.4, 0.5) is 0 Å². The Labute approximate surface area is 159 Å². The summed E-state index contributed by atoms with van der Waals surface area (Å²) in [7, 11) is 0. The van der Waals surface area contributed by atoms with Crippen molar-refractivity contribution in [2.75, 3.05) is 6.54 Å². The van der Waals surface area contributed by atoms with Crippen molar-refractivity contribution < 1.29 is 19.1 Å². The molecule has 0 saturated heterocycles. The van der Waals surface area contributed by atoms with Crippen LogP contribution < -0.4 is 5.32 Å². The first-order valence-electron chi connectivity index (χ1n) is 9.50. The summed E-state index contributed by atoms with van der Waals surface area (Å²) in [4.78, 5) is 28.1. The van der Waals surface area contributed by atoms with Crippen LogP contribution in [0, 0.1) is 12.3 Å². The molecule has 2 N–H and O–H groups in total. The zero-order valence-electron chi connectivity index (χ0n) is 15.7. The molecule has 6 heteroatoms. The number of carbonyl (C=O) groups excluding carboxylic acids is 1. The maximum atomic E-state index is 12.2. The molecule has 1 aliphatic rings. The monoisotopic (exact) mass is 370 g/mol. The van der Waals surface area contributed by atoms with Crippen molar-refractivity contribution in [2.24, 2.45) is 5.41 Å². The van der Waals surface area contributed by atoms with E-state index in [1.165, 1.54) is 5.56 Å². The van der Waals surface area contributed by atoms with Crippen molar-refractivity contribution in [3.05, 3.63) is 41.9 Å². The zero-order valence-corrected chi connectivity index (χ0v) is 15.7. The molecule has 1 aliphatic carbocycles. The summed E-state index contributed by atoms with van der Waals surface area (Å²) in [6.07, 6.45) is 6.40. The van der Waals surface area contributed by atoms with E-state index in [4.69, 9.17) is 4.42 Å². The molecule has 1 heterocycles. The Balaban J connectivity index is 1.50. The number of carbonyl (C=O) groups is 2. The van der Waals surface area contributed by atoms with Crippen molar-refractivity contribution in [3.63, 3.8) is 0 Å². The molecule has 3 rings (SSSR count). The Hall–Kier alpha value is -2.63. The maximum Gasteiger partial charge on any atom is 0.311 e. The lowest BCUT2D eigenvalue weighted by Crippen LogP contribution is -2.44. The summed E-state index contributed by atoms with van der Waals surface area (Å²) < 4.78 is 5.73. The van der Waals surface area contributed by atoms with Gasteiger partial charge in [0.2, 0.25) is 5.91 Å². The SMILES string of the molecule is Cc1ccc(-c2cnc(CCC(=O)NCC3(C(=O)O)CCCCC3)o2)cc1. The van der Waals surface area contributed by atoms with Crippen LogP contribution in [0.15, 0.2) is 34.9 Å². The Morgan fingerprint density at radius 2 is 1.89 bits per heavy atom. The van der Waals surface area contributed by atoms with Gasteiger partial charge in [0.1, 0.15) is 0 Å². The smallest absolute Gasteiger partial charge is 0.311 e. The number of aromatic nitrogens is 1. The number of hydrogen-bond acceptors (Lipinski definition) is 4. The number of oxazole rings is 1. The fourth-order valence-electron chi connectivity index (χ4n) is 3.55. The number of aryl methyl sites for hydroxylation is 2. The minimum absolute atomic E-state index is 0.170. The van der Waals surface area contributed by atoms with Crippen molar-refractivity contribution in [1.82, 2.24) is 10.3 Å². The van der Waals surface area contributed by atoms with Gasteiger partial charge in [0.15, 0.2) is 11.7 Å². The van der Waals surface area contributed by atoms with Gasteiger partial charge in [-0.15, -0.1) is 0 Å². The van der Waals surface area contributed by atoms with E-state index in [9.17, 15) is 14.7 Å². The van der Waals surface area contributed by atoms with Crippen LogP contribution in [0.2, 0.25) is 0 Å². The molecule has 1 saturated carbocycles. The highest BCUT2D eigenvalue weighted by molar-refractivity contribution is 5.79. The Kier molecular flexibility index (Phi) is 5.94. The molecule has 144 valence electrons. The summed E-state index contributed by atoms with van der Waals surface area (Å²) in [5.41, 5.74) is 1.31. The van der Waals surface area contributed by atoms with Crippen LogP contribution in [0.25, 0.3) is 11.3 Å². The van der Waals surface area contributed by atoms with Gasteiger partial charge in [0.05, 0.1) is 11.6 Å². The number of hydrogen-bond donors (Lipinski definition) is 2. The molecule has 0 aliphatic heterocycles. The summed E-state index contributed by atoms with van der Waals surface area (Å²) in [5.74, 6) is 0.206. The lowest BCUT2D eigenvalue weighted by molar-refractivity contribution is -0.151. The van der Waals surface area contributed by atoms with E-state index < -0.39 is 11.4 Å². The highest BCUT2D eigenvalue weighted by Crippen LogP contribution is 2.36. The average Bonchev–Trinajstić information content (AvgIpc) is 3.15. The van der Waals surface area contributed by atoms with Gasteiger partial charge < -0.3 is 14.8 Å². The molecular weight excluding hydrogens is 344 g/mol. The average molecular weight is 370 g/mol. The summed E-state index contributed by atoms with van der Waals surface area (Å²) in [6.45, 7) is 2.22. The second-order valence-corrected chi connectivity index (χ2v) is 7.41. The van der Waals surface area contributed by atoms with Crippen LogP contribution >= 0.6 is 0 Å². The van der Waals surface area contributed by atoms with Crippen molar-refractivity contribution in [1.29, 1.82) is 0 Å². The number of amides is 1. The molecule has 0 radical (unpaired) electrons. The van der Waals surface area contributed by atoms with Gasteiger partial charge in [-0.05, 0) is 19.8 Å². The standard InChI is InChI=1S/C21H26N2O4/c1-15-5-7-16(8-6-15)17-13-22-19(27-17)10-9-18(24)23-14-21(20(25)26)11-3-2-4-12-21/h5-8,13H,2-4,9-12,14H2,1H3,(H,23,24)(H,25,26). The molecule has 2 aromatic rings. The Morgan fingerprint density at radius 1 is 1.19 bits per heavy atom. The minimum atomic E-state index is -0.810. The van der Waals surface area contributed by atoms with E-state index in [-0.39, 0.29) is 18.9 Å². The molecule has 1 aromatic carbocycles. The van der Waals surface area contributed by atoms with Gasteiger partial charge >= 0.3 is 5.97 Å². The Morgan fingerprint density at radius 3 is 2.56 bits per heavy atom. The van der Waals surface area contributed by atoms with E-state index in [0.717, 1.165) is 24.8 Å². The van der Waals surface area contributed by atoms with Crippen molar-refractivity contribution >= 4 is 11.9 Å². The fraction of sp³-hybridized carbons (Fsp3) is 0.476. The van der Waals surface area contributed by atoms with Crippen LogP contribution in [-0.4, -0.2) is 28.5 Å². The molecule has 1 amide bonds. The zero-order chi connectivity index (χ0) is 19.3. The lowest BCUT2D eigenvalue weighted by Gasteiger charge is -2.33. The molecule has 1 fully saturated rings. The highest BCUT2D eigenvalue weighted by atomic mass is 16.4. The second kappa shape index (κ2) is 8.37.